The Morgan fingerprint density at radius 3 is 2.52 bits per heavy atom. The Bertz CT molecular complexity index is 880. The highest BCUT2D eigenvalue weighted by molar-refractivity contribution is 5.49. The van der Waals surface area contributed by atoms with Crippen molar-refractivity contribution in [1.29, 1.82) is 0 Å². The zero-order valence-corrected chi connectivity index (χ0v) is 14.7. The fourth-order valence-corrected chi connectivity index (χ4v) is 3.01. The van der Waals surface area contributed by atoms with E-state index >= 15 is 0 Å². The lowest BCUT2D eigenvalue weighted by Gasteiger charge is -2.36. The molecule has 0 aliphatic carbocycles. The molecule has 9 heteroatoms. The molecule has 3 aromatic rings. The summed E-state index contributed by atoms with van der Waals surface area (Å²) in [4.78, 5) is 24.2. The summed E-state index contributed by atoms with van der Waals surface area (Å²) in [6.45, 7) is 5.43. The minimum atomic E-state index is 0.638. The number of aromatic nitrogens is 6. The second kappa shape index (κ2) is 6.15. The first-order valence-corrected chi connectivity index (χ1v) is 8.29. The molecule has 0 unspecified atom stereocenters. The van der Waals surface area contributed by atoms with E-state index in [0.717, 1.165) is 49.5 Å². The third-order valence-electron chi connectivity index (χ3n) is 4.33. The minimum Gasteiger partial charge on any atom is -0.363 e. The molecule has 0 spiro atoms. The number of nitrogens with zero attached hydrogens (tertiary/aromatic N) is 9. The molecule has 0 N–H and O–H groups in total. The predicted molar refractivity (Wildman–Crippen MR) is 96.3 cm³/mol. The minimum absolute atomic E-state index is 0.638. The van der Waals surface area contributed by atoms with Gasteiger partial charge in [-0.2, -0.15) is 19.6 Å². The lowest BCUT2D eigenvalue weighted by Crippen LogP contribution is -2.47. The first-order valence-electron chi connectivity index (χ1n) is 8.29. The van der Waals surface area contributed by atoms with Crippen molar-refractivity contribution in [3.63, 3.8) is 0 Å². The van der Waals surface area contributed by atoms with Crippen LogP contribution in [0.2, 0.25) is 0 Å². The maximum atomic E-state index is 4.63. The Kier molecular flexibility index (Phi) is 3.83. The Hall–Kier alpha value is -2.97. The molecular weight excluding hydrogens is 318 g/mol. The molecule has 1 saturated heterocycles. The van der Waals surface area contributed by atoms with Crippen LogP contribution in [0.1, 0.15) is 5.69 Å². The van der Waals surface area contributed by atoms with E-state index in [1.807, 2.05) is 38.2 Å². The summed E-state index contributed by atoms with van der Waals surface area (Å²) in [5, 5.41) is 4.30. The van der Waals surface area contributed by atoms with Gasteiger partial charge >= 0.3 is 0 Å². The van der Waals surface area contributed by atoms with Gasteiger partial charge in [0.25, 0.3) is 5.78 Å². The van der Waals surface area contributed by atoms with E-state index < -0.39 is 0 Å². The largest absolute Gasteiger partial charge is 0.363 e. The van der Waals surface area contributed by atoms with E-state index in [9.17, 15) is 0 Å². The van der Waals surface area contributed by atoms with Gasteiger partial charge in [-0.05, 0) is 13.0 Å². The summed E-state index contributed by atoms with van der Waals surface area (Å²) in [5.74, 6) is 3.37. The Morgan fingerprint density at radius 1 is 1.00 bits per heavy atom. The SMILES string of the molecule is Cc1cc(N2CCN(c3nccc(N(C)C)n3)CC2)n2ncnc2n1. The van der Waals surface area contributed by atoms with Crippen LogP contribution in [-0.4, -0.2) is 69.8 Å². The highest BCUT2D eigenvalue weighted by Crippen LogP contribution is 2.20. The number of hydrogen-bond acceptors (Lipinski definition) is 8. The number of hydrogen-bond donors (Lipinski definition) is 0. The molecule has 0 amide bonds. The second-order valence-corrected chi connectivity index (χ2v) is 6.31. The summed E-state index contributed by atoms with van der Waals surface area (Å²) in [6, 6.07) is 3.97. The second-order valence-electron chi connectivity index (χ2n) is 6.31. The van der Waals surface area contributed by atoms with Gasteiger partial charge in [0.15, 0.2) is 0 Å². The first kappa shape index (κ1) is 15.6. The van der Waals surface area contributed by atoms with Crippen molar-refractivity contribution in [3.8, 4) is 0 Å². The van der Waals surface area contributed by atoms with E-state index in [2.05, 4.69) is 40.9 Å². The summed E-state index contributed by atoms with van der Waals surface area (Å²) in [5.41, 5.74) is 0.944. The molecule has 130 valence electrons. The molecule has 1 fully saturated rings. The Morgan fingerprint density at radius 2 is 1.76 bits per heavy atom. The molecule has 0 saturated carbocycles. The number of piperazine rings is 1. The molecule has 9 nitrogen and oxygen atoms in total. The Balaban J connectivity index is 1.53. The zero-order chi connectivity index (χ0) is 17.4. The normalized spacial score (nSPS) is 15.0. The van der Waals surface area contributed by atoms with Gasteiger partial charge in [-0.3, -0.25) is 0 Å². The molecule has 0 bridgehead atoms. The molecule has 4 rings (SSSR count). The van der Waals surface area contributed by atoms with Crippen LogP contribution < -0.4 is 14.7 Å². The first-order chi connectivity index (χ1) is 12.1. The van der Waals surface area contributed by atoms with E-state index in [0.29, 0.717) is 5.78 Å². The van der Waals surface area contributed by atoms with Crippen molar-refractivity contribution < 1.29 is 0 Å². The van der Waals surface area contributed by atoms with Crippen molar-refractivity contribution in [2.45, 2.75) is 6.92 Å². The van der Waals surface area contributed by atoms with E-state index in [1.165, 1.54) is 0 Å². The van der Waals surface area contributed by atoms with Crippen molar-refractivity contribution in [2.75, 3.05) is 55.0 Å². The van der Waals surface area contributed by atoms with Crippen LogP contribution in [0.4, 0.5) is 17.6 Å². The summed E-state index contributed by atoms with van der Waals surface area (Å²) < 4.78 is 1.80. The van der Waals surface area contributed by atoms with Gasteiger partial charge in [0, 0.05) is 58.2 Å². The standard InChI is InChI=1S/C16H21N9/c1-12-10-14(25-16(20-12)18-11-19-25)23-6-8-24(9-7-23)15-17-5-4-13(21-15)22(2)3/h4-5,10-11H,6-9H2,1-3H3. The van der Waals surface area contributed by atoms with Crippen LogP contribution in [0.15, 0.2) is 24.7 Å². The van der Waals surface area contributed by atoms with Crippen LogP contribution in [0, 0.1) is 6.92 Å². The van der Waals surface area contributed by atoms with Gasteiger partial charge in [-0.1, -0.05) is 0 Å². The molecule has 25 heavy (non-hydrogen) atoms. The van der Waals surface area contributed by atoms with Crippen LogP contribution in [0.5, 0.6) is 0 Å². The molecule has 0 aromatic carbocycles. The van der Waals surface area contributed by atoms with Gasteiger partial charge in [0.1, 0.15) is 18.0 Å². The van der Waals surface area contributed by atoms with Gasteiger partial charge < -0.3 is 14.7 Å². The highest BCUT2D eigenvalue weighted by Gasteiger charge is 2.22. The average molecular weight is 339 g/mol. The maximum Gasteiger partial charge on any atom is 0.254 e. The van der Waals surface area contributed by atoms with Crippen molar-refractivity contribution in [3.05, 3.63) is 30.4 Å². The monoisotopic (exact) mass is 339 g/mol. The van der Waals surface area contributed by atoms with Crippen molar-refractivity contribution >= 4 is 23.4 Å². The van der Waals surface area contributed by atoms with Crippen molar-refractivity contribution in [1.82, 2.24) is 29.5 Å². The lowest BCUT2D eigenvalue weighted by atomic mass is 10.3. The number of anilines is 3. The zero-order valence-electron chi connectivity index (χ0n) is 14.7. The molecule has 0 radical (unpaired) electrons. The van der Waals surface area contributed by atoms with Gasteiger partial charge in [-0.25, -0.2) is 9.97 Å². The highest BCUT2D eigenvalue weighted by atomic mass is 15.4. The number of fused-ring (bicyclic) bond motifs is 1. The summed E-state index contributed by atoms with van der Waals surface area (Å²) in [7, 11) is 3.97. The molecule has 1 aliphatic heterocycles. The summed E-state index contributed by atoms with van der Waals surface area (Å²) in [6.07, 6.45) is 3.36. The van der Waals surface area contributed by atoms with Crippen LogP contribution in [-0.2, 0) is 0 Å². The lowest BCUT2D eigenvalue weighted by molar-refractivity contribution is 0.626. The molecule has 1 aliphatic rings. The van der Waals surface area contributed by atoms with Crippen LogP contribution >= 0.6 is 0 Å². The molecular formula is C16H21N9. The fourth-order valence-electron chi connectivity index (χ4n) is 3.01. The van der Waals surface area contributed by atoms with E-state index in [4.69, 9.17) is 0 Å². The summed E-state index contributed by atoms with van der Waals surface area (Å²) >= 11 is 0. The van der Waals surface area contributed by atoms with Crippen LogP contribution in [0.25, 0.3) is 5.78 Å². The predicted octanol–water partition coefficient (Wildman–Crippen LogP) is 0.615. The maximum absolute atomic E-state index is 4.63. The fraction of sp³-hybridized carbons (Fsp3) is 0.438. The topological polar surface area (TPSA) is 78.6 Å². The quantitative estimate of drug-likeness (QED) is 0.687. The van der Waals surface area contributed by atoms with Crippen LogP contribution in [0.3, 0.4) is 0 Å². The Labute approximate surface area is 146 Å². The van der Waals surface area contributed by atoms with Crippen molar-refractivity contribution in [2.24, 2.45) is 0 Å². The van der Waals surface area contributed by atoms with Gasteiger partial charge in [0.2, 0.25) is 5.95 Å². The number of rotatable bonds is 3. The van der Waals surface area contributed by atoms with Gasteiger partial charge in [-0.15, -0.1) is 0 Å². The average Bonchev–Trinajstić information content (AvgIpc) is 3.09. The molecule has 0 atom stereocenters. The third-order valence-corrected chi connectivity index (χ3v) is 4.33. The molecule has 3 aromatic heterocycles. The third kappa shape index (κ3) is 2.92. The van der Waals surface area contributed by atoms with E-state index in [1.54, 1.807) is 10.8 Å². The smallest absolute Gasteiger partial charge is 0.254 e. The number of aryl methyl sites for hydroxylation is 1. The van der Waals surface area contributed by atoms with Gasteiger partial charge in [0.05, 0.1) is 0 Å². The van der Waals surface area contributed by atoms with E-state index in [-0.39, 0.29) is 0 Å². The molecule has 4 heterocycles.